The second kappa shape index (κ2) is 4.99. The summed E-state index contributed by atoms with van der Waals surface area (Å²) in [5.74, 6) is 2.19. The van der Waals surface area contributed by atoms with E-state index in [1.807, 2.05) is 0 Å². The van der Waals surface area contributed by atoms with E-state index in [1.54, 1.807) is 0 Å². The Hall–Kier alpha value is -0.0400. The summed E-state index contributed by atoms with van der Waals surface area (Å²) in [6.07, 6.45) is 6.08. The number of aliphatic hydroxyl groups is 1. The summed E-state index contributed by atoms with van der Waals surface area (Å²) < 4.78 is 0. The van der Waals surface area contributed by atoms with Crippen LogP contribution in [0.2, 0.25) is 0 Å². The Balaban J connectivity index is 2.22. The molecule has 0 bridgehead atoms. The van der Waals surface area contributed by atoms with E-state index in [2.05, 4.69) is 20.8 Å². The Morgan fingerprint density at radius 2 is 1.92 bits per heavy atom. The monoisotopic (exact) mass is 184 g/mol. The first kappa shape index (κ1) is 11.0. The molecule has 78 valence electrons. The highest BCUT2D eigenvalue weighted by Gasteiger charge is 2.26. The predicted octanol–water partition coefficient (Wildman–Crippen LogP) is 3.22. The Kier molecular flexibility index (Phi) is 4.24. The number of hydrogen-bond acceptors (Lipinski definition) is 1. The fourth-order valence-electron chi connectivity index (χ4n) is 2.71. The molecule has 1 aliphatic rings. The maximum atomic E-state index is 9.67. The second-order valence-electron chi connectivity index (χ2n) is 5.23. The first-order valence-corrected chi connectivity index (χ1v) is 5.77. The quantitative estimate of drug-likeness (QED) is 0.711. The molecule has 0 aliphatic heterocycles. The predicted molar refractivity (Wildman–Crippen MR) is 56.6 cm³/mol. The van der Waals surface area contributed by atoms with Crippen molar-refractivity contribution in [3.63, 3.8) is 0 Å². The molecule has 1 nitrogen and oxygen atoms in total. The van der Waals surface area contributed by atoms with Crippen LogP contribution < -0.4 is 0 Å². The van der Waals surface area contributed by atoms with Gasteiger partial charge in [-0.25, -0.2) is 0 Å². The molecule has 1 saturated carbocycles. The van der Waals surface area contributed by atoms with Gasteiger partial charge in [-0.15, -0.1) is 0 Å². The van der Waals surface area contributed by atoms with E-state index in [0.717, 1.165) is 18.3 Å². The van der Waals surface area contributed by atoms with Crippen LogP contribution in [0.3, 0.4) is 0 Å². The summed E-state index contributed by atoms with van der Waals surface area (Å²) >= 11 is 0. The first-order chi connectivity index (χ1) is 6.09. The molecule has 1 fully saturated rings. The van der Waals surface area contributed by atoms with Gasteiger partial charge in [-0.3, -0.25) is 0 Å². The normalized spacial score (nSPS) is 31.2. The average molecular weight is 184 g/mol. The van der Waals surface area contributed by atoms with Crippen molar-refractivity contribution in [2.45, 2.75) is 59.0 Å². The lowest BCUT2D eigenvalue weighted by atomic mass is 9.88. The Bertz CT molecular complexity index is 142. The maximum Gasteiger partial charge on any atom is 0.0568 e. The average Bonchev–Trinajstić information content (AvgIpc) is 2.34. The highest BCUT2D eigenvalue weighted by Crippen LogP contribution is 2.32. The van der Waals surface area contributed by atoms with Gasteiger partial charge in [-0.05, 0) is 43.4 Å². The molecule has 0 amide bonds. The van der Waals surface area contributed by atoms with Crippen LogP contribution in [0.5, 0.6) is 0 Å². The molecule has 13 heavy (non-hydrogen) atoms. The van der Waals surface area contributed by atoms with Gasteiger partial charge in [0.25, 0.3) is 0 Å². The van der Waals surface area contributed by atoms with Gasteiger partial charge in [0.05, 0.1) is 6.10 Å². The molecule has 1 rings (SSSR count). The van der Waals surface area contributed by atoms with E-state index in [0.29, 0.717) is 5.92 Å². The molecule has 0 radical (unpaired) electrons. The van der Waals surface area contributed by atoms with Crippen LogP contribution in [-0.4, -0.2) is 11.2 Å². The van der Waals surface area contributed by atoms with Gasteiger partial charge in [-0.1, -0.05) is 27.2 Å². The van der Waals surface area contributed by atoms with Crippen LogP contribution in [0.25, 0.3) is 0 Å². The molecule has 0 aromatic heterocycles. The van der Waals surface area contributed by atoms with Crippen molar-refractivity contribution in [1.82, 2.24) is 0 Å². The van der Waals surface area contributed by atoms with Gasteiger partial charge in [0.2, 0.25) is 0 Å². The topological polar surface area (TPSA) is 20.2 Å². The number of aliphatic hydroxyl groups excluding tert-OH is 1. The summed E-state index contributed by atoms with van der Waals surface area (Å²) in [5, 5.41) is 9.67. The largest absolute Gasteiger partial charge is 0.393 e. The lowest BCUT2D eigenvalue weighted by Gasteiger charge is -2.20. The minimum Gasteiger partial charge on any atom is -0.393 e. The van der Waals surface area contributed by atoms with E-state index in [4.69, 9.17) is 0 Å². The minimum absolute atomic E-state index is 0.00890. The van der Waals surface area contributed by atoms with Crippen molar-refractivity contribution in [2.75, 3.05) is 0 Å². The third kappa shape index (κ3) is 3.68. The van der Waals surface area contributed by atoms with Crippen LogP contribution in [-0.2, 0) is 0 Å². The molecule has 0 aromatic rings. The van der Waals surface area contributed by atoms with Crippen molar-refractivity contribution in [3.05, 3.63) is 0 Å². The summed E-state index contributed by atoms with van der Waals surface area (Å²) in [5.41, 5.74) is 0. The molecule has 1 heteroatoms. The third-order valence-electron chi connectivity index (χ3n) is 3.20. The second-order valence-corrected chi connectivity index (χ2v) is 5.23. The van der Waals surface area contributed by atoms with Crippen molar-refractivity contribution in [2.24, 2.45) is 17.8 Å². The Labute approximate surface area is 82.5 Å². The van der Waals surface area contributed by atoms with E-state index in [-0.39, 0.29) is 6.10 Å². The van der Waals surface area contributed by atoms with Gasteiger partial charge >= 0.3 is 0 Å². The van der Waals surface area contributed by atoms with E-state index < -0.39 is 0 Å². The summed E-state index contributed by atoms with van der Waals surface area (Å²) in [6.45, 7) is 6.88. The molecule has 0 heterocycles. The molecule has 0 saturated heterocycles. The summed E-state index contributed by atoms with van der Waals surface area (Å²) in [6, 6.07) is 0. The zero-order chi connectivity index (χ0) is 9.84. The van der Waals surface area contributed by atoms with Crippen LogP contribution in [0.4, 0.5) is 0 Å². The molecule has 3 atom stereocenters. The zero-order valence-corrected chi connectivity index (χ0v) is 9.29. The molecule has 0 aromatic carbocycles. The maximum absolute atomic E-state index is 9.67. The first-order valence-electron chi connectivity index (χ1n) is 5.77. The Morgan fingerprint density at radius 1 is 1.23 bits per heavy atom. The molecular formula is C12H24O. The van der Waals surface area contributed by atoms with Crippen molar-refractivity contribution in [3.8, 4) is 0 Å². The van der Waals surface area contributed by atoms with Crippen molar-refractivity contribution >= 4 is 0 Å². The fourth-order valence-corrected chi connectivity index (χ4v) is 2.71. The van der Waals surface area contributed by atoms with E-state index >= 15 is 0 Å². The lowest BCUT2D eigenvalue weighted by molar-refractivity contribution is 0.116. The van der Waals surface area contributed by atoms with Gasteiger partial charge in [0.1, 0.15) is 0 Å². The third-order valence-corrected chi connectivity index (χ3v) is 3.20. The minimum atomic E-state index is 0.00890. The molecule has 1 N–H and O–H groups in total. The van der Waals surface area contributed by atoms with Crippen LogP contribution in [0, 0.1) is 17.8 Å². The molecular weight excluding hydrogens is 160 g/mol. The summed E-state index contributed by atoms with van der Waals surface area (Å²) in [7, 11) is 0. The van der Waals surface area contributed by atoms with E-state index in [9.17, 15) is 5.11 Å². The molecule has 1 unspecified atom stereocenters. The highest BCUT2D eigenvalue weighted by molar-refractivity contribution is 4.78. The van der Waals surface area contributed by atoms with Gasteiger partial charge in [-0.2, -0.15) is 0 Å². The van der Waals surface area contributed by atoms with Crippen LogP contribution in [0.1, 0.15) is 52.9 Å². The van der Waals surface area contributed by atoms with Crippen LogP contribution in [0.15, 0.2) is 0 Å². The lowest BCUT2D eigenvalue weighted by Crippen LogP contribution is -2.16. The Morgan fingerprint density at radius 3 is 2.38 bits per heavy atom. The SMILES string of the molecule is CC(C)CC(C)C[C@@H]1CCC[C@H]1O. The smallest absolute Gasteiger partial charge is 0.0568 e. The summed E-state index contributed by atoms with van der Waals surface area (Å²) in [4.78, 5) is 0. The van der Waals surface area contributed by atoms with E-state index in [1.165, 1.54) is 25.7 Å². The van der Waals surface area contributed by atoms with Crippen molar-refractivity contribution < 1.29 is 5.11 Å². The molecule has 0 spiro atoms. The van der Waals surface area contributed by atoms with Gasteiger partial charge < -0.3 is 5.11 Å². The highest BCUT2D eigenvalue weighted by atomic mass is 16.3. The van der Waals surface area contributed by atoms with Gasteiger partial charge in [0.15, 0.2) is 0 Å². The van der Waals surface area contributed by atoms with Crippen molar-refractivity contribution in [1.29, 1.82) is 0 Å². The number of hydrogen-bond donors (Lipinski definition) is 1. The van der Waals surface area contributed by atoms with Gasteiger partial charge in [0, 0.05) is 0 Å². The fraction of sp³-hybridized carbons (Fsp3) is 1.00. The zero-order valence-electron chi connectivity index (χ0n) is 9.29. The standard InChI is InChI=1S/C12H24O/c1-9(2)7-10(3)8-11-5-4-6-12(11)13/h9-13H,4-8H2,1-3H3/t10?,11-,12+/m0/s1. The molecule has 1 aliphatic carbocycles. The number of rotatable bonds is 4. The van der Waals surface area contributed by atoms with Crippen LogP contribution >= 0.6 is 0 Å².